The molecule has 1 fully saturated rings. The first-order valence-electron chi connectivity index (χ1n) is 9.78. The molecule has 1 saturated heterocycles. The van der Waals surface area contributed by atoms with Crippen molar-refractivity contribution in [2.24, 2.45) is 5.92 Å². The number of carbonyl (C=O) groups is 2. The number of hydrogen-bond acceptors (Lipinski definition) is 6. The summed E-state index contributed by atoms with van der Waals surface area (Å²) in [7, 11) is 1.51. The van der Waals surface area contributed by atoms with Crippen LogP contribution >= 0.6 is 23.1 Å². The van der Waals surface area contributed by atoms with Crippen molar-refractivity contribution in [2.45, 2.75) is 22.4 Å². The van der Waals surface area contributed by atoms with Gasteiger partial charge in [-0.2, -0.15) is 13.2 Å². The van der Waals surface area contributed by atoms with Gasteiger partial charge in [0.05, 0.1) is 29.3 Å². The van der Waals surface area contributed by atoms with Crippen LogP contribution in [0.2, 0.25) is 0 Å². The van der Waals surface area contributed by atoms with Crippen LogP contribution in [0.1, 0.15) is 21.9 Å². The first kappa shape index (κ1) is 21.8. The maximum Gasteiger partial charge on any atom is 0.418 e. The third-order valence-corrected chi connectivity index (χ3v) is 8.15. The molecule has 0 spiro atoms. The van der Waals surface area contributed by atoms with Crippen LogP contribution in [-0.2, 0) is 15.8 Å². The molecular weight excluding hydrogens is 477 g/mol. The highest BCUT2D eigenvalue weighted by molar-refractivity contribution is 8.00. The molecule has 2 aromatic carbocycles. The first-order valence-corrected chi connectivity index (χ1v) is 11.5. The molecule has 170 valence electrons. The number of nitrogens with zero attached hydrogens (tertiary/aromatic N) is 1. The number of para-hydroxylation sites is 1. The number of nitrogens with one attached hydrogen (secondary N) is 1. The van der Waals surface area contributed by atoms with E-state index in [0.717, 1.165) is 35.2 Å². The molecule has 3 atom stereocenters. The number of aromatic amines is 1. The van der Waals surface area contributed by atoms with Crippen molar-refractivity contribution in [3.05, 3.63) is 74.2 Å². The Bertz CT molecular complexity index is 1320. The van der Waals surface area contributed by atoms with Gasteiger partial charge in [-0.05, 0) is 29.8 Å². The Morgan fingerprint density at radius 3 is 2.36 bits per heavy atom. The van der Waals surface area contributed by atoms with Gasteiger partial charge < -0.3 is 9.72 Å². The van der Waals surface area contributed by atoms with Crippen LogP contribution < -0.4 is 14.5 Å². The second-order valence-electron chi connectivity index (χ2n) is 7.55. The van der Waals surface area contributed by atoms with Gasteiger partial charge in [0.1, 0.15) is 11.0 Å². The molecular formula is C22H15F3N2O4S2. The van der Waals surface area contributed by atoms with E-state index in [4.69, 9.17) is 4.74 Å². The van der Waals surface area contributed by atoms with Crippen LogP contribution in [0.5, 0.6) is 5.75 Å². The summed E-state index contributed by atoms with van der Waals surface area (Å²) in [6.45, 7) is 0. The lowest BCUT2D eigenvalue weighted by atomic mass is 9.83. The molecule has 2 aliphatic rings. The Labute approximate surface area is 193 Å². The van der Waals surface area contributed by atoms with Gasteiger partial charge in [0, 0.05) is 10.8 Å². The predicted octanol–water partition coefficient (Wildman–Crippen LogP) is 4.26. The molecule has 0 aliphatic carbocycles. The number of methoxy groups -OCH3 is 1. The number of carbonyl (C=O) groups excluding carboxylic acids is 2. The number of imide groups is 1. The highest BCUT2D eigenvalue weighted by atomic mass is 32.2. The second kappa shape index (κ2) is 7.77. The summed E-state index contributed by atoms with van der Waals surface area (Å²) in [5.74, 6) is -2.50. The molecule has 3 aromatic rings. The lowest BCUT2D eigenvalue weighted by Gasteiger charge is -2.29. The van der Waals surface area contributed by atoms with Crippen molar-refractivity contribution in [1.82, 2.24) is 4.98 Å². The Kier molecular flexibility index (Phi) is 5.13. The molecule has 1 N–H and O–H groups in total. The van der Waals surface area contributed by atoms with Gasteiger partial charge in [0.2, 0.25) is 11.8 Å². The van der Waals surface area contributed by atoms with E-state index in [1.54, 1.807) is 24.3 Å². The SMILES string of the molecule is COc1ccc([C@@H]2c3sc(=O)[nH]c3S[C@H]3C(=O)N(c4ccccc4C(F)(F)F)C(=O)[C@@H]23)cc1. The fraction of sp³-hybridized carbons (Fsp3) is 0.227. The monoisotopic (exact) mass is 492 g/mol. The summed E-state index contributed by atoms with van der Waals surface area (Å²) in [5.41, 5.74) is -0.880. The van der Waals surface area contributed by atoms with Crippen LogP contribution in [0.3, 0.4) is 0 Å². The van der Waals surface area contributed by atoms with Gasteiger partial charge in [0.15, 0.2) is 0 Å². The minimum atomic E-state index is -4.74. The van der Waals surface area contributed by atoms with Crippen molar-refractivity contribution in [3.8, 4) is 5.75 Å². The molecule has 33 heavy (non-hydrogen) atoms. The van der Waals surface area contributed by atoms with Gasteiger partial charge in [-0.15, -0.1) is 0 Å². The number of rotatable bonds is 3. The number of ether oxygens (including phenoxy) is 1. The summed E-state index contributed by atoms with van der Waals surface area (Å²) >= 11 is 1.95. The predicted molar refractivity (Wildman–Crippen MR) is 117 cm³/mol. The fourth-order valence-corrected chi connectivity index (χ4v) is 6.85. The number of thiazole rings is 1. The van der Waals surface area contributed by atoms with Crippen molar-refractivity contribution in [2.75, 3.05) is 12.0 Å². The average Bonchev–Trinajstić information content (AvgIpc) is 3.28. The number of alkyl halides is 3. The minimum Gasteiger partial charge on any atom is -0.497 e. The van der Waals surface area contributed by atoms with Crippen LogP contribution in [0.4, 0.5) is 18.9 Å². The van der Waals surface area contributed by atoms with Gasteiger partial charge in [-0.3, -0.25) is 14.4 Å². The van der Waals surface area contributed by atoms with Gasteiger partial charge in [-0.1, -0.05) is 47.4 Å². The number of halogens is 3. The zero-order valence-electron chi connectivity index (χ0n) is 16.9. The maximum absolute atomic E-state index is 13.6. The smallest absolute Gasteiger partial charge is 0.418 e. The minimum absolute atomic E-state index is 0.329. The Morgan fingerprint density at radius 1 is 1.00 bits per heavy atom. The molecule has 11 heteroatoms. The molecule has 2 aliphatic heterocycles. The fourth-order valence-electron chi connectivity index (χ4n) is 4.33. The summed E-state index contributed by atoms with van der Waals surface area (Å²) in [6, 6.07) is 11.4. The second-order valence-corrected chi connectivity index (χ2v) is 9.72. The lowest BCUT2D eigenvalue weighted by molar-refractivity contribution is -0.137. The van der Waals surface area contributed by atoms with E-state index in [1.165, 1.54) is 19.2 Å². The highest BCUT2D eigenvalue weighted by Crippen LogP contribution is 2.54. The summed E-state index contributed by atoms with van der Waals surface area (Å²) in [6.07, 6.45) is -4.74. The van der Waals surface area contributed by atoms with Crippen molar-refractivity contribution in [3.63, 3.8) is 0 Å². The number of amides is 2. The van der Waals surface area contributed by atoms with Crippen LogP contribution in [0.25, 0.3) is 0 Å². The van der Waals surface area contributed by atoms with E-state index in [2.05, 4.69) is 4.98 Å². The average molecular weight is 493 g/mol. The van der Waals surface area contributed by atoms with Gasteiger partial charge in [-0.25, -0.2) is 4.90 Å². The Hall–Kier alpha value is -3.05. The van der Waals surface area contributed by atoms with E-state index in [0.29, 0.717) is 26.1 Å². The van der Waals surface area contributed by atoms with E-state index in [1.807, 2.05) is 0 Å². The van der Waals surface area contributed by atoms with Crippen LogP contribution in [0, 0.1) is 5.92 Å². The first-order chi connectivity index (χ1) is 15.7. The van der Waals surface area contributed by atoms with E-state index in [-0.39, 0.29) is 4.87 Å². The van der Waals surface area contributed by atoms with E-state index >= 15 is 0 Å². The Balaban J connectivity index is 1.65. The number of thioether (sulfide) groups is 1. The lowest BCUT2D eigenvalue weighted by Crippen LogP contribution is -2.33. The number of hydrogen-bond donors (Lipinski definition) is 1. The largest absolute Gasteiger partial charge is 0.497 e. The van der Waals surface area contributed by atoms with Crippen molar-refractivity contribution in [1.29, 1.82) is 0 Å². The molecule has 6 nitrogen and oxygen atoms in total. The zero-order valence-corrected chi connectivity index (χ0v) is 18.5. The van der Waals surface area contributed by atoms with E-state index < -0.39 is 46.3 Å². The number of benzene rings is 2. The number of fused-ring (bicyclic) bond motifs is 2. The standard InChI is InChI=1S/C22H15F3N2O4S2/c1-31-11-8-6-10(7-9-11)14-15-17(32-18-16(14)33-21(30)26-18)20(29)27(19(15)28)13-5-3-2-4-12(13)22(23,24)25/h2-9,14-15,17H,1H3,(H,26,30)/t14-,15-,17+/m0/s1. The molecule has 0 unspecified atom stereocenters. The topological polar surface area (TPSA) is 79.5 Å². The number of anilines is 1. The summed E-state index contributed by atoms with van der Waals surface area (Å²) < 4.78 is 46.1. The molecule has 0 saturated carbocycles. The quantitative estimate of drug-likeness (QED) is 0.553. The van der Waals surface area contributed by atoms with Crippen LogP contribution in [-0.4, -0.2) is 29.2 Å². The molecule has 3 heterocycles. The number of H-pyrrole nitrogens is 1. The van der Waals surface area contributed by atoms with Gasteiger partial charge in [0.25, 0.3) is 0 Å². The van der Waals surface area contributed by atoms with Crippen LogP contribution in [0.15, 0.2) is 58.4 Å². The molecule has 5 rings (SSSR count). The summed E-state index contributed by atoms with van der Waals surface area (Å²) in [5, 5.41) is -0.511. The van der Waals surface area contributed by atoms with Crippen molar-refractivity contribution < 1.29 is 27.5 Å². The molecule has 0 bridgehead atoms. The maximum atomic E-state index is 13.6. The van der Waals surface area contributed by atoms with Crippen molar-refractivity contribution >= 4 is 40.6 Å². The third-order valence-electron chi connectivity index (χ3n) is 5.75. The number of aromatic nitrogens is 1. The Morgan fingerprint density at radius 2 is 1.70 bits per heavy atom. The van der Waals surface area contributed by atoms with E-state index in [9.17, 15) is 27.6 Å². The molecule has 2 amide bonds. The third kappa shape index (κ3) is 3.46. The zero-order chi connectivity index (χ0) is 23.5. The highest BCUT2D eigenvalue weighted by Gasteiger charge is 2.57. The van der Waals surface area contributed by atoms with Gasteiger partial charge >= 0.3 is 11.0 Å². The molecule has 1 aromatic heterocycles. The normalized spacial score (nSPS) is 22.3. The summed E-state index contributed by atoms with van der Waals surface area (Å²) in [4.78, 5) is 42.6. The molecule has 0 radical (unpaired) electrons.